The number of hydrogen-bond donors (Lipinski definition) is 2. The van der Waals surface area contributed by atoms with Crippen LogP contribution in [-0.4, -0.2) is 17.4 Å². The van der Waals surface area contributed by atoms with Crippen molar-refractivity contribution in [3.8, 4) is 0 Å². The first-order chi connectivity index (χ1) is 10.9. The second-order valence-electron chi connectivity index (χ2n) is 5.12. The molecule has 7 heteroatoms. The minimum Gasteiger partial charge on any atom is -0.376 e. The summed E-state index contributed by atoms with van der Waals surface area (Å²) < 4.78 is 0.943. The number of nitro groups is 1. The molecule has 0 spiro atoms. The fourth-order valence-corrected chi connectivity index (χ4v) is 2.53. The molecular weight excluding hydrogens is 362 g/mol. The van der Waals surface area contributed by atoms with Gasteiger partial charge in [-0.25, -0.2) is 0 Å². The van der Waals surface area contributed by atoms with Crippen LogP contribution in [0.5, 0.6) is 0 Å². The Morgan fingerprint density at radius 3 is 2.52 bits per heavy atom. The highest BCUT2D eigenvalue weighted by atomic mass is 79.9. The van der Waals surface area contributed by atoms with Gasteiger partial charge < -0.3 is 10.6 Å². The molecule has 0 bridgehead atoms. The highest BCUT2D eigenvalue weighted by Gasteiger charge is 2.10. The summed E-state index contributed by atoms with van der Waals surface area (Å²) in [5.74, 6) is -0.221. The number of nitrogens with zero attached hydrogens (tertiary/aromatic N) is 1. The van der Waals surface area contributed by atoms with Crippen LogP contribution in [0.4, 0.5) is 17.1 Å². The van der Waals surface area contributed by atoms with E-state index in [2.05, 4.69) is 26.6 Å². The van der Waals surface area contributed by atoms with E-state index in [4.69, 9.17) is 0 Å². The first kappa shape index (κ1) is 17.0. The fraction of sp³-hybridized carbons (Fsp3) is 0.188. The van der Waals surface area contributed by atoms with E-state index >= 15 is 0 Å². The topological polar surface area (TPSA) is 84.3 Å². The van der Waals surface area contributed by atoms with Crippen molar-refractivity contribution in [3.63, 3.8) is 0 Å². The number of rotatable bonds is 5. The molecule has 2 rings (SSSR count). The van der Waals surface area contributed by atoms with E-state index in [1.807, 2.05) is 32.0 Å². The van der Waals surface area contributed by atoms with Crippen molar-refractivity contribution >= 4 is 38.9 Å². The van der Waals surface area contributed by atoms with Crippen LogP contribution in [0.1, 0.15) is 11.1 Å². The van der Waals surface area contributed by atoms with E-state index in [-0.39, 0.29) is 18.1 Å². The maximum atomic E-state index is 12.0. The molecule has 0 atom stereocenters. The van der Waals surface area contributed by atoms with Crippen LogP contribution in [0.2, 0.25) is 0 Å². The van der Waals surface area contributed by atoms with Crippen molar-refractivity contribution in [2.45, 2.75) is 13.8 Å². The van der Waals surface area contributed by atoms with Crippen LogP contribution in [-0.2, 0) is 4.79 Å². The van der Waals surface area contributed by atoms with E-state index in [0.29, 0.717) is 5.69 Å². The second kappa shape index (κ2) is 7.23. The number of hydrogen-bond acceptors (Lipinski definition) is 4. The van der Waals surface area contributed by atoms with Gasteiger partial charge in [0.05, 0.1) is 11.5 Å². The van der Waals surface area contributed by atoms with Gasteiger partial charge in [-0.3, -0.25) is 14.9 Å². The predicted molar refractivity (Wildman–Crippen MR) is 93.8 cm³/mol. The van der Waals surface area contributed by atoms with E-state index in [0.717, 1.165) is 21.3 Å². The van der Waals surface area contributed by atoms with Crippen LogP contribution in [0.25, 0.3) is 0 Å². The molecule has 0 heterocycles. The predicted octanol–water partition coefficient (Wildman–Crippen LogP) is 4.02. The average Bonchev–Trinajstić information content (AvgIpc) is 2.49. The Kier molecular flexibility index (Phi) is 5.33. The van der Waals surface area contributed by atoms with Crippen LogP contribution < -0.4 is 10.6 Å². The molecule has 0 aromatic heterocycles. The number of nitrogens with one attached hydrogen (secondary N) is 2. The van der Waals surface area contributed by atoms with E-state index in [9.17, 15) is 14.9 Å². The molecule has 120 valence electrons. The minimum atomic E-state index is -0.462. The van der Waals surface area contributed by atoms with Crippen molar-refractivity contribution in [2.75, 3.05) is 17.2 Å². The molecule has 6 nitrogen and oxygen atoms in total. The molecule has 0 aliphatic rings. The Bertz CT molecular complexity index is 762. The fourth-order valence-electron chi connectivity index (χ4n) is 2.05. The van der Waals surface area contributed by atoms with Crippen molar-refractivity contribution in [1.82, 2.24) is 0 Å². The lowest BCUT2D eigenvalue weighted by Gasteiger charge is -2.11. The maximum absolute atomic E-state index is 12.0. The Balaban J connectivity index is 2.02. The zero-order valence-electron chi connectivity index (χ0n) is 12.7. The smallest absolute Gasteiger partial charge is 0.271 e. The van der Waals surface area contributed by atoms with E-state index in [1.165, 1.54) is 12.1 Å². The standard InChI is InChI=1S/C16H16BrN3O3/c1-10-3-5-13(20(22)23)8-15(10)18-9-16(21)19-14-6-4-12(17)7-11(14)2/h3-8,18H,9H2,1-2H3,(H,19,21). The first-order valence-electron chi connectivity index (χ1n) is 6.92. The number of non-ortho nitro benzene ring substituents is 1. The molecule has 0 unspecified atom stereocenters. The summed E-state index contributed by atoms with van der Waals surface area (Å²) in [6.45, 7) is 3.75. The highest BCUT2D eigenvalue weighted by molar-refractivity contribution is 9.10. The SMILES string of the molecule is Cc1ccc([N+](=O)[O-])cc1NCC(=O)Nc1ccc(Br)cc1C. The summed E-state index contributed by atoms with van der Waals surface area (Å²) in [5.41, 5.74) is 3.07. The lowest BCUT2D eigenvalue weighted by molar-refractivity contribution is -0.384. The molecule has 0 saturated carbocycles. The molecule has 2 aromatic carbocycles. The van der Waals surface area contributed by atoms with Crippen LogP contribution in [0.3, 0.4) is 0 Å². The monoisotopic (exact) mass is 377 g/mol. The molecule has 0 saturated heterocycles. The van der Waals surface area contributed by atoms with Gasteiger partial charge in [0.25, 0.3) is 5.69 Å². The van der Waals surface area contributed by atoms with Crippen molar-refractivity contribution < 1.29 is 9.72 Å². The number of carbonyl (C=O) groups is 1. The quantitative estimate of drug-likeness (QED) is 0.608. The molecule has 0 radical (unpaired) electrons. The van der Waals surface area contributed by atoms with Crippen LogP contribution in [0, 0.1) is 24.0 Å². The first-order valence-corrected chi connectivity index (χ1v) is 7.71. The van der Waals surface area contributed by atoms with Gasteiger partial charge in [0.1, 0.15) is 0 Å². The molecular formula is C16H16BrN3O3. The molecule has 23 heavy (non-hydrogen) atoms. The largest absolute Gasteiger partial charge is 0.376 e. The van der Waals surface area contributed by atoms with Crippen molar-refractivity contribution in [1.29, 1.82) is 0 Å². The summed E-state index contributed by atoms with van der Waals surface area (Å²) in [4.78, 5) is 22.4. The van der Waals surface area contributed by atoms with Crippen molar-refractivity contribution in [3.05, 3.63) is 62.1 Å². The lowest BCUT2D eigenvalue weighted by Crippen LogP contribution is -2.22. The molecule has 2 N–H and O–H groups in total. The minimum absolute atomic E-state index is 0.0118. The summed E-state index contributed by atoms with van der Waals surface area (Å²) in [6, 6.07) is 10.1. The van der Waals surface area contributed by atoms with Gasteiger partial charge in [0, 0.05) is 28.0 Å². The van der Waals surface area contributed by atoms with Gasteiger partial charge in [-0.2, -0.15) is 0 Å². The Hall–Kier alpha value is -2.41. The lowest BCUT2D eigenvalue weighted by atomic mass is 10.2. The Morgan fingerprint density at radius 1 is 1.13 bits per heavy atom. The highest BCUT2D eigenvalue weighted by Crippen LogP contribution is 2.22. The van der Waals surface area contributed by atoms with Gasteiger partial charge in [-0.05, 0) is 43.2 Å². The van der Waals surface area contributed by atoms with Gasteiger partial charge in [-0.1, -0.05) is 22.0 Å². The zero-order valence-corrected chi connectivity index (χ0v) is 14.3. The third-order valence-corrected chi connectivity index (χ3v) is 3.83. The summed E-state index contributed by atoms with van der Waals surface area (Å²) in [6.07, 6.45) is 0. The van der Waals surface area contributed by atoms with Gasteiger partial charge >= 0.3 is 0 Å². The average molecular weight is 378 g/mol. The molecule has 0 aliphatic heterocycles. The van der Waals surface area contributed by atoms with Gasteiger partial charge in [0.2, 0.25) is 5.91 Å². The summed E-state index contributed by atoms with van der Waals surface area (Å²) in [7, 11) is 0. The number of amides is 1. The Labute approximate surface area is 142 Å². The molecule has 2 aromatic rings. The number of halogens is 1. The molecule has 0 fully saturated rings. The second-order valence-corrected chi connectivity index (χ2v) is 6.03. The van der Waals surface area contributed by atoms with Crippen molar-refractivity contribution in [2.24, 2.45) is 0 Å². The number of nitro benzene ring substituents is 1. The zero-order chi connectivity index (χ0) is 17.0. The Morgan fingerprint density at radius 2 is 1.87 bits per heavy atom. The summed E-state index contributed by atoms with van der Waals surface area (Å²) >= 11 is 3.37. The number of carbonyl (C=O) groups excluding carboxylic acids is 1. The van der Waals surface area contributed by atoms with Gasteiger partial charge in [0.15, 0.2) is 0 Å². The van der Waals surface area contributed by atoms with Crippen LogP contribution in [0.15, 0.2) is 40.9 Å². The number of anilines is 2. The maximum Gasteiger partial charge on any atom is 0.271 e. The summed E-state index contributed by atoms with van der Waals surface area (Å²) in [5, 5.41) is 16.5. The molecule has 0 aliphatic carbocycles. The van der Waals surface area contributed by atoms with Gasteiger partial charge in [-0.15, -0.1) is 0 Å². The number of benzene rings is 2. The van der Waals surface area contributed by atoms with Crippen LogP contribution >= 0.6 is 15.9 Å². The normalized spacial score (nSPS) is 10.2. The van der Waals surface area contributed by atoms with E-state index in [1.54, 1.807) is 6.07 Å². The van der Waals surface area contributed by atoms with E-state index < -0.39 is 4.92 Å². The number of aryl methyl sites for hydroxylation is 2. The third-order valence-electron chi connectivity index (χ3n) is 3.33. The third kappa shape index (κ3) is 4.53. The molecule has 1 amide bonds.